The summed E-state index contributed by atoms with van der Waals surface area (Å²) in [6.07, 6.45) is 2.34. The highest BCUT2D eigenvalue weighted by atomic mass is 32.2. The number of anilines is 1. The van der Waals surface area contributed by atoms with Crippen molar-refractivity contribution in [1.82, 2.24) is 15.1 Å². The van der Waals surface area contributed by atoms with Gasteiger partial charge in [-0.05, 0) is 36.4 Å². The van der Waals surface area contributed by atoms with Gasteiger partial charge in [0, 0.05) is 18.3 Å². The minimum Gasteiger partial charge on any atom is -0.497 e. The van der Waals surface area contributed by atoms with Crippen LogP contribution >= 0.6 is 11.8 Å². The van der Waals surface area contributed by atoms with E-state index in [-0.39, 0.29) is 11.7 Å². The van der Waals surface area contributed by atoms with E-state index in [1.807, 2.05) is 13.0 Å². The van der Waals surface area contributed by atoms with E-state index in [1.54, 1.807) is 43.6 Å². The van der Waals surface area contributed by atoms with Gasteiger partial charge in [-0.2, -0.15) is 4.98 Å². The van der Waals surface area contributed by atoms with Gasteiger partial charge in [-0.1, -0.05) is 23.8 Å². The molecule has 3 rings (SSSR count). The highest BCUT2D eigenvalue weighted by Gasteiger charge is 2.14. The third-order valence-electron chi connectivity index (χ3n) is 3.50. The highest BCUT2D eigenvalue weighted by Crippen LogP contribution is 2.27. The normalized spacial score (nSPS) is 10.5. The summed E-state index contributed by atoms with van der Waals surface area (Å²) in [6, 6.07) is 10.8. The molecular weight excluding hydrogens is 352 g/mol. The molecule has 2 heterocycles. The Morgan fingerprint density at radius 2 is 2.08 bits per heavy atom. The van der Waals surface area contributed by atoms with Crippen LogP contribution in [0.4, 0.5) is 5.69 Å². The number of thioether (sulfide) groups is 1. The van der Waals surface area contributed by atoms with Crippen LogP contribution in [-0.4, -0.2) is 33.9 Å². The minimum absolute atomic E-state index is 0.126. The van der Waals surface area contributed by atoms with Crippen LogP contribution in [0.15, 0.2) is 52.1 Å². The third-order valence-corrected chi connectivity index (χ3v) is 4.50. The number of carbonyl (C=O) groups excluding carboxylic acids is 1. The molecule has 2 aromatic heterocycles. The van der Waals surface area contributed by atoms with Gasteiger partial charge >= 0.3 is 0 Å². The van der Waals surface area contributed by atoms with Gasteiger partial charge in [0.05, 0.1) is 18.4 Å². The van der Waals surface area contributed by atoms with Crippen LogP contribution in [0.5, 0.6) is 5.75 Å². The standard InChI is InChI=1S/C18H18N4O3S/c1-3-16-21-17(22-25-16)14-5-4-10-19-18(14)26-11-15(23)20-12-6-8-13(24-2)9-7-12/h4-10H,3,11H2,1-2H3,(H,20,23). The molecule has 1 N–H and O–H groups in total. The lowest BCUT2D eigenvalue weighted by atomic mass is 10.3. The molecule has 0 unspecified atom stereocenters. The van der Waals surface area contributed by atoms with Crippen molar-refractivity contribution in [3.8, 4) is 17.1 Å². The van der Waals surface area contributed by atoms with Gasteiger partial charge in [-0.25, -0.2) is 4.98 Å². The van der Waals surface area contributed by atoms with Crippen molar-refractivity contribution in [1.29, 1.82) is 0 Å². The number of pyridine rings is 1. The molecule has 0 aliphatic heterocycles. The summed E-state index contributed by atoms with van der Waals surface area (Å²) in [5.41, 5.74) is 1.46. The lowest BCUT2D eigenvalue weighted by molar-refractivity contribution is -0.113. The number of aryl methyl sites for hydroxylation is 1. The number of amides is 1. The number of benzene rings is 1. The SMILES string of the molecule is CCc1nc(-c2cccnc2SCC(=O)Nc2ccc(OC)cc2)no1. The Hall–Kier alpha value is -2.87. The van der Waals surface area contributed by atoms with E-state index in [4.69, 9.17) is 9.26 Å². The summed E-state index contributed by atoms with van der Waals surface area (Å²) in [5.74, 6) is 1.88. The Balaban J connectivity index is 1.64. The molecule has 0 spiro atoms. The van der Waals surface area contributed by atoms with Crippen molar-refractivity contribution < 1.29 is 14.1 Å². The maximum Gasteiger partial charge on any atom is 0.234 e. The quantitative estimate of drug-likeness (QED) is 0.637. The van der Waals surface area contributed by atoms with Gasteiger partial charge in [-0.15, -0.1) is 0 Å². The van der Waals surface area contributed by atoms with Crippen molar-refractivity contribution >= 4 is 23.4 Å². The molecule has 0 atom stereocenters. The van der Waals surface area contributed by atoms with Gasteiger partial charge in [0.1, 0.15) is 10.8 Å². The Morgan fingerprint density at radius 3 is 2.77 bits per heavy atom. The van der Waals surface area contributed by atoms with Gasteiger partial charge < -0.3 is 14.6 Å². The van der Waals surface area contributed by atoms with Crippen LogP contribution in [0.1, 0.15) is 12.8 Å². The number of hydrogen-bond donors (Lipinski definition) is 1. The van der Waals surface area contributed by atoms with Gasteiger partial charge in [0.25, 0.3) is 0 Å². The van der Waals surface area contributed by atoms with Gasteiger partial charge in [0.15, 0.2) is 0 Å². The molecule has 134 valence electrons. The summed E-state index contributed by atoms with van der Waals surface area (Å²) in [6.45, 7) is 1.94. The fraction of sp³-hybridized carbons (Fsp3) is 0.222. The smallest absolute Gasteiger partial charge is 0.234 e. The first-order valence-corrected chi connectivity index (χ1v) is 9.03. The monoisotopic (exact) mass is 370 g/mol. The first-order valence-electron chi connectivity index (χ1n) is 8.04. The molecule has 0 saturated carbocycles. The zero-order chi connectivity index (χ0) is 18.4. The van der Waals surface area contributed by atoms with Crippen LogP contribution in [0.3, 0.4) is 0 Å². The zero-order valence-electron chi connectivity index (χ0n) is 14.4. The molecule has 26 heavy (non-hydrogen) atoms. The van der Waals surface area contributed by atoms with Crippen LogP contribution in [-0.2, 0) is 11.2 Å². The maximum absolute atomic E-state index is 12.2. The predicted molar refractivity (Wildman–Crippen MR) is 99.3 cm³/mol. The van der Waals surface area contributed by atoms with Gasteiger partial charge in [-0.3, -0.25) is 4.79 Å². The molecular formula is C18H18N4O3S. The van der Waals surface area contributed by atoms with E-state index >= 15 is 0 Å². The summed E-state index contributed by atoms with van der Waals surface area (Å²) in [7, 11) is 1.60. The lowest BCUT2D eigenvalue weighted by Gasteiger charge is -2.07. The van der Waals surface area contributed by atoms with E-state index in [0.29, 0.717) is 28.8 Å². The molecule has 3 aromatic rings. The van der Waals surface area contributed by atoms with Crippen LogP contribution in [0.25, 0.3) is 11.4 Å². The fourth-order valence-corrected chi connectivity index (χ4v) is 2.98. The van der Waals surface area contributed by atoms with E-state index in [1.165, 1.54) is 11.8 Å². The number of rotatable bonds is 7. The summed E-state index contributed by atoms with van der Waals surface area (Å²) in [5, 5.41) is 7.50. The molecule has 1 amide bonds. The number of nitrogens with zero attached hydrogens (tertiary/aromatic N) is 3. The molecule has 0 radical (unpaired) electrons. The molecule has 1 aromatic carbocycles. The number of nitrogens with one attached hydrogen (secondary N) is 1. The predicted octanol–water partition coefficient (Wildman–Crippen LogP) is 3.43. The Labute approximate surface area is 155 Å². The molecule has 7 nitrogen and oxygen atoms in total. The van der Waals surface area contributed by atoms with Crippen molar-refractivity contribution in [2.45, 2.75) is 18.4 Å². The topological polar surface area (TPSA) is 90.1 Å². The molecule has 0 aliphatic rings. The number of carbonyl (C=O) groups is 1. The average Bonchev–Trinajstić information content (AvgIpc) is 3.16. The first kappa shape index (κ1) is 17.9. The Kier molecular flexibility index (Phi) is 5.85. The second-order valence-corrected chi connectivity index (χ2v) is 6.25. The van der Waals surface area contributed by atoms with Crippen molar-refractivity contribution in [3.05, 3.63) is 48.5 Å². The second-order valence-electron chi connectivity index (χ2n) is 5.29. The van der Waals surface area contributed by atoms with E-state index < -0.39 is 0 Å². The van der Waals surface area contributed by atoms with Crippen LogP contribution in [0.2, 0.25) is 0 Å². The molecule has 8 heteroatoms. The van der Waals surface area contributed by atoms with Crippen molar-refractivity contribution in [3.63, 3.8) is 0 Å². The first-order chi connectivity index (χ1) is 12.7. The maximum atomic E-state index is 12.2. The lowest BCUT2D eigenvalue weighted by Crippen LogP contribution is -2.14. The number of methoxy groups -OCH3 is 1. The molecule has 0 aliphatic carbocycles. The van der Waals surface area contributed by atoms with E-state index in [0.717, 1.165) is 11.3 Å². The number of hydrogen-bond acceptors (Lipinski definition) is 7. The van der Waals surface area contributed by atoms with E-state index in [2.05, 4.69) is 20.4 Å². The minimum atomic E-state index is -0.126. The Bertz CT molecular complexity index is 880. The van der Waals surface area contributed by atoms with Crippen molar-refractivity contribution in [2.24, 2.45) is 0 Å². The molecule has 0 saturated heterocycles. The average molecular weight is 370 g/mol. The summed E-state index contributed by atoms with van der Waals surface area (Å²) < 4.78 is 10.3. The largest absolute Gasteiger partial charge is 0.497 e. The van der Waals surface area contributed by atoms with E-state index in [9.17, 15) is 4.79 Å². The number of ether oxygens (including phenoxy) is 1. The number of aromatic nitrogens is 3. The zero-order valence-corrected chi connectivity index (χ0v) is 15.2. The second kappa shape index (κ2) is 8.48. The van der Waals surface area contributed by atoms with Crippen LogP contribution < -0.4 is 10.1 Å². The Morgan fingerprint density at radius 1 is 1.27 bits per heavy atom. The molecule has 0 bridgehead atoms. The van der Waals surface area contributed by atoms with Gasteiger partial charge in [0.2, 0.25) is 17.6 Å². The van der Waals surface area contributed by atoms with Crippen molar-refractivity contribution in [2.75, 3.05) is 18.2 Å². The highest BCUT2D eigenvalue weighted by molar-refractivity contribution is 8.00. The fourth-order valence-electron chi connectivity index (χ4n) is 2.19. The summed E-state index contributed by atoms with van der Waals surface area (Å²) in [4.78, 5) is 20.9. The summed E-state index contributed by atoms with van der Waals surface area (Å²) >= 11 is 1.32. The third kappa shape index (κ3) is 4.40. The van der Waals surface area contributed by atoms with Crippen LogP contribution in [0, 0.1) is 0 Å². The molecule has 0 fully saturated rings.